The summed E-state index contributed by atoms with van der Waals surface area (Å²) in [5.74, 6) is -0.519. The highest BCUT2D eigenvalue weighted by Gasteiger charge is 2.38. The number of anilines is 1. The van der Waals surface area contributed by atoms with Crippen molar-refractivity contribution >= 4 is 23.3 Å². The SMILES string of the molecule is CC(=O)Cc1ccc(N2C(=O)CC(CCc3cccnc3)C2=O)cc1. The summed E-state index contributed by atoms with van der Waals surface area (Å²) < 4.78 is 0. The minimum Gasteiger partial charge on any atom is -0.300 e. The third kappa shape index (κ3) is 3.99. The summed E-state index contributed by atoms with van der Waals surface area (Å²) in [4.78, 5) is 41.4. The van der Waals surface area contributed by atoms with Crippen LogP contribution < -0.4 is 4.90 Å². The molecule has 0 bridgehead atoms. The zero-order chi connectivity index (χ0) is 17.8. The normalized spacial score (nSPS) is 17.2. The molecule has 1 saturated heterocycles. The van der Waals surface area contributed by atoms with Crippen molar-refractivity contribution in [1.29, 1.82) is 0 Å². The van der Waals surface area contributed by atoms with E-state index in [4.69, 9.17) is 0 Å². The fourth-order valence-electron chi connectivity index (χ4n) is 3.13. The van der Waals surface area contributed by atoms with Crippen LogP contribution in [0.4, 0.5) is 5.69 Å². The van der Waals surface area contributed by atoms with Crippen LogP contribution in [-0.2, 0) is 27.2 Å². The number of amides is 2. The lowest BCUT2D eigenvalue weighted by Crippen LogP contribution is -2.30. The topological polar surface area (TPSA) is 67.3 Å². The summed E-state index contributed by atoms with van der Waals surface area (Å²) in [6, 6.07) is 10.9. The molecule has 1 aromatic carbocycles. The van der Waals surface area contributed by atoms with E-state index in [-0.39, 0.29) is 29.9 Å². The first-order valence-electron chi connectivity index (χ1n) is 8.38. The van der Waals surface area contributed by atoms with Crippen molar-refractivity contribution in [3.63, 3.8) is 0 Å². The third-order valence-corrected chi connectivity index (χ3v) is 4.39. The van der Waals surface area contributed by atoms with Crippen molar-refractivity contribution in [2.45, 2.75) is 32.6 Å². The molecule has 25 heavy (non-hydrogen) atoms. The van der Waals surface area contributed by atoms with Gasteiger partial charge in [-0.2, -0.15) is 0 Å². The summed E-state index contributed by atoms with van der Waals surface area (Å²) in [5.41, 5.74) is 2.52. The zero-order valence-corrected chi connectivity index (χ0v) is 14.1. The molecular weight excluding hydrogens is 316 g/mol. The van der Waals surface area contributed by atoms with Crippen LogP contribution in [0.25, 0.3) is 0 Å². The van der Waals surface area contributed by atoms with Gasteiger partial charge in [0, 0.05) is 31.2 Å². The average Bonchev–Trinajstić information content (AvgIpc) is 2.88. The van der Waals surface area contributed by atoms with Crippen LogP contribution >= 0.6 is 0 Å². The summed E-state index contributed by atoms with van der Waals surface area (Å²) in [7, 11) is 0. The molecule has 3 rings (SSSR count). The molecule has 5 heteroatoms. The third-order valence-electron chi connectivity index (χ3n) is 4.39. The Balaban J connectivity index is 1.67. The highest BCUT2D eigenvalue weighted by atomic mass is 16.2. The van der Waals surface area contributed by atoms with Crippen molar-refractivity contribution in [1.82, 2.24) is 4.98 Å². The highest BCUT2D eigenvalue weighted by Crippen LogP contribution is 2.29. The molecule has 0 saturated carbocycles. The largest absolute Gasteiger partial charge is 0.300 e. The molecule has 1 aliphatic heterocycles. The van der Waals surface area contributed by atoms with E-state index in [9.17, 15) is 14.4 Å². The second-order valence-corrected chi connectivity index (χ2v) is 6.41. The van der Waals surface area contributed by atoms with E-state index in [2.05, 4.69) is 4.98 Å². The van der Waals surface area contributed by atoms with E-state index in [1.165, 1.54) is 11.8 Å². The molecule has 2 aromatic rings. The molecular formula is C20H20N2O3. The molecule has 0 N–H and O–H groups in total. The van der Waals surface area contributed by atoms with Gasteiger partial charge in [-0.3, -0.25) is 24.3 Å². The van der Waals surface area contributed by atoms with Gasteiger partial charge in [-0.15, -0.1) is 0 Å². The molecule has 1 aromatic heterocycles. The smallest absolute Gasteiger partial charge is 0.237 e. The Morgan fingerprint density at radius 2 is 1.92 bits per heavy atom. The van der Waals surface area contributed by atoms with Crippen molar-refractivity contribution in [2.24, 2.45) is 5.92 Å². The van der Waals surface area contributed by atoms with E-state index in [0.717, 1.165) is 17.5 Å². The lowest BCUT2D eigenvalue weighted by molar-refractivity contribution is -0.122. The van der Waals surface area contributed by atoms with Crippen LogP contribution in [0.1, 0.15) is 30.9 Å². The molecule has 1 fully saturated rings. The summed E-state index contributed by atoms with van der Waals surface area (Å²) in [6.45, 7) is 1.54. The molecule has 0 spiro atoms. The fraction of sp³-hybridized carbons (Fsp3) is 0.300. The van der Waals surface area contributed by atoms with Gasteiger partial charge in [0.25, 0.3) is 0 Å². The Kier molecular flexibility index (Phi) is 5.03. The molecule has 0 aliphatic carbocycles. The minimum absolute atomic E-state index is 0.0801. The lowest BCUT2D eigenvalue weighted by atomic mass is 9.99. The van der Waals surface area contributed by atoms with E-state index < -0.39 is 0 Å². The van der Waals surface area contributed by atoms with Crippen molar-refractivity contribution < 1.29 is 14.4 Å². The minimum atomic E-state index is -0.287. The van der Waals surface area contributed by atoms with Crippen molar-refractivity contribution in [3.8, 4) is 0 Å². The molecule has 0 radical (unpaired) electrons. The van der Waals surface area contributed by atoms with Gasteiger partial charge in [0.05, 0.1) is 5.69 Å². The van der Waals surface area contributed by atoms with Crippen molar-refractivity contribution in [2.75, 3.05) is 4.90 Å². The van der Waals surface area contributed by atoms with Gasteiger partial charge >= 0.3 is 0 Å². The number of benzene rings is 1. The quantitative estimate of drug-likeness (QED) is 0.761. The number of aryl methyl sites for hydroxylation is 1. The maximum absolute atomic E-state index is 12.6. The van der Waals surface area contributed by atoms with Gasteiger partial charge in [0.15, 0.2) is 0 Å². The Morgan fingerprint density at radius 1 is 1.16 bits per heavy atom. The number of ketones is 1. The Morgan fingerprint density at radius 3 is 2.56 bits per heavy atom. The van der Waals surface area contributed by atoms with Crippen LogP contribution in [0.15, 0.2) is 48.8 Å². The van der Waals surface area contributed by atoms with Crippen LogP contribution in [0.5, 0.6) is 0 Å². The number of pyridine rings is 1. The van der Waals surface area contributed by atoms with E-state index >= 15 is 0 Å². The number of Topliss-reactive ketones (excluding diaryl/α,β-unsaturated/α-hetero) is 1. The van der Waals surface area contributed by atoms with Crippen molar-refractivity contribution in [3.05, 3.63) is 59.9 Å². The summed E-state index contributed by atoms with van der Waals surface area (Å²) in [6.07, 6.45) is 5.46. The van der Waals surface area contributed by atoms with Gasteiger partial charge < -0.3 is 0 Å². The molecule has 1 aliphatic rings. The zero-order valence-electron chi connectivity index (χ0n) is 14.1. The van der Waals surface area contributed by atoms with Crippen LogP contribution in [0, 0.1) is 5.92 Å². The number of carbonyl (C=O) groups excluding carboxylic acids is 3. The van der Waals surface area contributed by atoms with Gasteiger partial charge in [0.2, 0.25) is 11.8 Å². The number of carbonyl (C=O) groups is 3. The highest BCUT2D eigenvalue weighted by molar-refractivity contribution is 6.20. The van der Waals surface area contributed by atoms with Gasteiger partial charge in [-0.25, -0.2) is 0 Å². The maximum Gasteiger partial charge on any atom is 0.237 e. The standard InChI is InChI=1S/C20H20N2O3/c1-14(23)11-15-5-8-18(9-6-15)22-19(24)12-17(20(22)25)7-4-16-3-2-10-21-13-16/h2-3,5-6,8-10,13,17H,4,7,11-12H2,1H3. The van der Waals surface area contributed by atoms with E-state index in [0.29, 0.717) is 18.5 Å². The molecule has 1 atom stereocenters. The predicted molar refractivity (Wildman–Crippen MR) is 94.0 cm³/mol. The number of imide groups is 1. The molecule has 1 unspecified atom stereocenters. The predicted octanol–water partition coefficient (Wildman–Crippen LogP) is 2.73. The second-order valence-electron chi connectivity index (χ2n) is 6.41. The molecule has 128 valence electrons. The number of aromatic nitrogens is 1. The number of nitrogens with zero attached hydrogens (tertiary/aromatic N) is 2. The monoisotopic (exact) mass is 336 g/mol. The second kappa shape index (κ2) is 7.38. The van der Waals surface area contributed by atoms with Gasteiger partial charge in [-0.05, 0) is 49.1 Å². The molecule has 5 nitrogen and oxygen atoms in total. The van der Waals surface area contributed by atoms with Crippen LogP contribution in [0.2, 0.25) is 0 Å². The summed E-state index contributed by atoms with van der Waals surface area (Å²) >= 11 is 0. The number of hydrogen-bond donors (Lipinski definition) is 0. The maximum atomic E-state index is 12.6. The lowest BCUT2D eigenvalue weighted by Gasteiger charge is -2.15. The van der Waals surface area contributed by atoms with Crippen LogP contribution in [-0.4, -0.2) is 22.6 Å². The first kappa shape index (κ1) is 17.0. The first-order chi connectivity index (χ1) is 12.0. The molecule has 2 heterocycles. The van der Waals surface area contributed by atoms with E-state index in [1.54, 1.807) is 36.7 Å². The van der Waals surface area contributed by atoms with Crippen LogP contribution in [0.3, 0.4) is 0 Å². The Labute approximate surface area is 146 Å². The fourth-order valence-corrected chi connectivity index (χ4v) is 3.13. The summed E-state index contributed by atoms with van der Waals surface area (Å²) in [5, 5.41) is 0. The van der Waals surface area contributed by atoms with E-state index in [1.807, 2.05) is 12.1 Å². The Hall–Kier alpha value is -2.82. The number of hydrogen-bond acceptors (Lipinski definition) is 4. The first-order valence-corrected chi connectivity index (χ1v) is 8.38. The van der Waals surface area contributed by atoms with Gasteiger partial charge in [0.1, 0.15) is 5.78 Å². The van der Waals surface area contributed by atoms with Gasteiger partial charge in [-0.1, -0.05) is 18.2 Å². The Bertz CT molecular complexity index is 784. The number of rotatable bonds is 6. The average molecular weight is 336 g/mol. The molecule has 2 amide bonds.